The number of benzene rings is 1. The number of carbonyl (C=O) groups is 1. The van der Waals surface area contributed by atoms with Crippen LogP contribution in [-0.4, -0.2) is 44.8 Å². The van der Waals surface area contributed by atoms with Crippen molar-refractivity contribution in [3.63, 3.8) is 0 Å². The molecule has 7 nitrogen and oxygen atoms in total. The smallest absolute Gasteiger partial charge is 0.270 e. The molecule has 1 aliphatic rings. The number of carbonyl (C=O) groups excluding carboxylic acids is 1. The van der Waals surface area contributed by atoms with Crippen molar-refractivity contribution in [1.29, 1.82) is 0 Å². The molecule has 1 aromatic heterocycles. The van der Waals surface area contributed by atoms with Crippen LogP contribution in [0.5, 0.6) is 0 Å². The van der Waals surface area contributed by atoms with Crippen molar-refractivity contribution >= 4 is 37.9 Å². The van der Waals surface area contributed by atoms with E-state index < -0.39 is 9.84 Å². The van der Waals surface area contributed by atoms with Crippen molar-refractivity contribution in [2.75, 3.05) is 24.7 Å². The first kappa shape index (κ1) is 17.8. The van der Waals surface area contributed by atoms with Gasteiger partial charge in [-0.2, -0.15) is 0 Å². The number of rotatable bonds is 6. The molecular weight excluding hydrogens is 362 g/mol. The van der Waals surface area contributed by atoms with Crippen molar-refractivity contribution in [2.24, 2.45) is 0 Å². The predicted molar refractivity (Wildman–Crippen MR) is 96.3 cm³/mol. The third-order valence-corrected chi connectivity index (χ3v) is 5.67. The third-order valence-electron chi connectivity index (χ3n) is 3.78. The van der Waals surface area contributed by atoms with Gasteiger partial charge in [0.1, 0.15) is 5.69 Å². The van der Waals surface area contributed by atoms with E-state index in [9.17, 15) is 13.2 Å². The number of thiazole rings is 1. The molecule has 0 unspecified atom stereocenters. The fourth-order valence-corrected chi connectivity index (χ4v) is 3.79. The zero-order chi connectivity index (χ0) is 17.9. The Kier molecular flexibility index (Phi) is 5.36. The number of aromatic nitrogens is 1. The lowest BCUT2D eigenvalue weighted by Gasteiger charge is -2.09. The van der Waals surface area contributed by atoms with Gasteiger partial charge in [0.15, 0.2) is 15.0 Å². The second-order valence-electron chi connectivity index (χ2n) is 5.80. The Morgan fingerprint density at radius 1 is 1.36 bits per heavy atom. The van der Waals surface area contributed by atoms with Crippen molar-refractivity contribution in [3.05, 3.63) is 35.3 Å². The van der Waals surface area contributed by atoms with Gasteiger partial charge in [0, 0.05) is 30.5 Å². The van der Waals surface area contributed by atoms with E-state index in [1.807, 2.05) is 0 Å². The van der Waals surface area contributed by atoms with Gasteiger partial charge in [0.25, 0.3) is 5.91 Å². The summed E-state index contributed by atoms with van der Waals surface area (Å²) in [5.41, 5.74) is 1.05. The Balaban J connectivity index is 1.58. The third kappa shape index (κ3) is 4.77. The zero-order valence-corrected chi connectivity index (χ0v) is 15.3. The molecule has 0 spiro atoms. The Morgan fingerprint density at radius 2 is 2.12 bits per heavy atom. The molecule has 134 valence electrons. The summed E-state index contributed by atoms with van der Waals surface area (Å²) < 4.78 is 28.4. The van der Waals surface area contributed by atoms with Crippen molar-refractivity contribution in [1.82, 2.24) is 10.3 Å². The van der Waals surface area contributed by atoms with Crippen LogP contribution >= 0.6 is 11.3 Å². The highest BCUT2D eigenvalue weighted by molar-refractivity contribution is 7.90. The van der Waals surface area contributed by atoms with Gasteiger partial charge in [-0.25, -0.2) is 13.4 Å². The SMILES string of the molecule is CS(=O)(=O)c1ccc(Nc2nc(C(=O)NC[C@H]3CCCO3)cs2)cc1. The van der Waals surface area contributed by atoms with E-state index in [4.69, 9.17) is 4.74 Å². The van der Waals surface area contributed by atoms with E-state index >= 15 is 0 Å². The van der Waals surface area contributed by atoms with E-state index in [1.165, 1.54) is 23.5 Å². The van der Waals surface area contributed by atoms with Crippen LogP contribution in [0.2, 0.25) is 0 Å². The molecule has 1 fully saturated rings. The summed E-state index contributed by atoms with van der Waals surface area (Å²) in [6.07, 6.45) is 3.25. The van der Waals surface area contributed by atoms with Crippen molar-refractivity contribution in [3.8, 4) is 0 Å². The standard InChI is InChI=1S/C16H19N3O4S2/c1-25(21,22)13-6-4-11(5-7-13)18-16-19-14(10-24-16)15(20)17-9-12-3-2-8-23-12/h4-7,10,12H,2-3,8-9H2,1H3,(H,17,20)(H,18,19)/t12-/m1/s1. The number of nitrogens with zero attached hydrogens (tertiary/aromatic N) is 1. The number of sulfone groups is 1. The van der Waals surface area contributed by atoms with Gasteiger partial charge in [-0.15, -0.1) is 11.3 Å². The topological polar surface area (TPSA) is 97.4 Å². The average Bonchev–Trinajstić information content (AvgIpc) is 3.24. The van der Waals surface area contributed by atoms with Crippen LogP contribution in [0, 0.1) is 0 Å². The molecule has 9 heteroatoms. The highest BCUT2D eigenvalue weighted by Gasteiger charge is 2.18. The number of hydrogen-bond acceptors (Lipinski definition) is 7. The minimum Gasteiger partial charge on any atom is -0.376 e. The number of nitrogens with one attached hydrogen (secondary N) is 2. The van der Waals surface area contributed by atoms with Crippen molar-refractivity contribution in [2.45, 2.75) is 23.8 Å². The number of anilines is 2. The summed E-state index contributed by atoms with van der Waals surface area (Å²) in [7, 11) is -3.22. The van der Waals surface area contributed by atoms with Crippen LogP contribution in [0.15, 0.2) is 34.5 Å². The van der Waals surface area contributed by atoms with Gasteiger partial charge >= 0.3 is 0 Å². The summed E-state index contributed by atoms with van der Waals surface area (Å²) >= 11 is 1.31. The van der Waals surface area contributed by atoms with E-state index in [0.717, 1.165) is 25.7 Å². The molecule has 2 N–H and O–H groups in total. The van der Waals surface area contributed by atoms with E-state index in [2.05, 4.69) is 15.6 Å². The maximum absolute atomic E-state index is 12.1. The summed E-state index contributed by atoms with van der Waals surface area (Å²) in [5, 5.41) is 8.13. The lowest BCUT2D eigenvalue weighted by atomic mass is 10.2. The molecule has 0 radical (unpaired) electrons. The van der Waals surface area contributed by atoms with Crippen LogP contribution in [0.25, 0.3) is 0 Å². The largest absolute Gasteiger partial charge is 0.376 e. The molecule has 1 atom stereocenters. The molecule has 0 aliphatic carbocycles. The fourth-order valence-electron chi connectivity index (χ4n) is 2.45. The quantitative estimate of drug-likeness (QED) is 0.796. The number of hydrogen-bond donors (Lipinski definition) is 2. The molecule has 1 aliphatic heterocycles. The van der Waals surface area contributed by atoms with Gasteiger partial charge in [0.05, 0.1) is 11.0 Å². The first-order valence-electron chi connectivity index (χ1n) is 7.84. The molecule has 2 heterocycles. The summed E-state index contributed by atoms with van der Waals surface area (Å²) in [5.74, 6) is -0.229. The number of ether oxygens (including phenoxy) is 1. The Bertz CT molecular complexity index is 841. The van der Waals surface area contributed by atoms with E-state index in [-0.39, 0.29) is 16.9 Å². The minimum absolute atomic E-state index is 0.0912. The summed E-state index contributed by atoms with van der Waals surface area (Å²) in [4.78, 5) is 16.6. The monoisotopic (exact) mass is 381 g/mol. The van der Waals surface area contributed by atoms with Gasteiger partial charge < -0.3 is 15.4 Å². The highest BCUT2D eigenvalue weighted by Crippen LogP contribution is 2.22. The first-order chi connectivity index (χ1) is 11.9. The Hall–Kier alpha value is -1.97. The zero-order valence-electron chi connectivity index (χ0n) is 13.7. The molecular formula is C16H19N3O4S2. The van der Waals surface area contributed by atoms with E-state index in [1.54, 1.807) is 17.5 Å². The van der Waals surface area contributed by atoms with Crippen LogP contribution < -0.4 is 10.6 Å². The van der Waals surface area contributed by atoms with Crippen LogP contribution in [0.4, 0.5) is 10.8 Å². The van der Waals surface area contributed by atoms with Gasteiger partial charge in [-0.3, -0.25) is 4.79 Å². The molecule has 25 heavy (non-hydrogen) atoms. The predicted octanol–water partition coefficient (Wildman–Crippen LogP) is 2.20. The molecule has 3 rings (SSSR count). The van der Waals surface area contributed by atoms with Gasteiger partial charge in [-0.05, 0) is 37.1 Å². The highest BCUT2D eigenvalue weighted by atomic mass is 32.2. The lowest BCUT2D eigenvalue weighted by molar-refractivity contribution is 0.0854. The Labute approximate surface area is 150 Å². The average molecular weight is 381 g/mol. The normalized spacial score (nSPS) is 17.4. The van der Waals surface area contributed by atoms with Crippen LogP contribution in [-0.2, 0) is 14.6 Å². The van der Waals surface area contributed by atoms with E-state index in [0.29, 0.717) is 23.1 Å². The maximum atomic E-state index is 12.1. The summed E-state index contributed by atoms with van der Waals surface area (Å²) in [6, 6.07) is 6.38. The molecule has 0 bridgehead atoms. The summed E-state index contributed by atoms with van der Waals surface area (Å²) in [6.45, 7) is 1.25. The van der Waals surface area contributed by atoms with Crippen LogP contribution in [0.1, 0.15) is 23.3 Å². The molecule has 0 saturated carbocycles. The van der Waals surface area contributed by atoms with Gasteiger partial charge in [-0.1, -0.05) is 0 Å². The minimum atomic E-state index is -3.22. The molecule has 1 aromatic carbocycles. The maximum Gasteiger partial charge on any atom is 0.270 e. The number of amides is 1. The first-order valence-corrected chi connectivity index (χ1v) is 10.6. The molecule has 1 saturated heterocycles. The lowest BCUT2D eigenvalue weighted by Crippen LogP contribution is -2.31. The molecule has 2 aromatic rings. The second kappa shape index (κ2) is 7.51. The second-order valence-corrected chi connectivity index (χ2v) is 8.68. The fraction of sp³-hybridized carbons (Fsp3) is 0.375. The van der Waals surface area contributed by atoms with Crippen molar-refractivity contribution < 1.29 is 17.9 Å². The Morgan fingerprint density at radius 3 is 2.76 bits per heavy atom. The molecule has 1 amide bonds. The van der Waals surface area contributed by atoms with Gasteiger partial charge in [0.2, 0.25) is 0 Å². The van der Waals surface area contributed by atoms with Crippen LogP contribution in [0.3, 0.4) is 0 Å².